The van der Waals surface area contributed by atoms with E-state index in [0.717, 1.165) is 11.4 Å². The molecule has 0 atom stereocenters. The van der Waals surface area contributed by atoms with E-state index >= 15 is 0 Å². The number of rotatable bonds is 6. The van der Waals surface area contributed by atoms with E-state index in [0.29, 0.717) is 0 Å². The first-order chi connectivity index (χ1) is 26.6. The summed E-state index contributed by atoms with van der Waals surface area (Å²) in [6.45, 7) is 4.73. The Morgan fingerprint density at radius 2 is 0.833 bits per heavy atom. The fourth-order valence-corrected chi connectivity index (χ4v) is 8.80. The van der Waals surface area contributed by atoms with Gasteiger partial charge in [0.15, 0.2) is 0 Å². The molecule has 0 radical (unpaired) electrons. The van der Waals surface area contributed by atoms with Crippen LogP contribution in [0.15, 0.2) is 200 Å². The van der Waals surface area contributed by atoms with E-state index in [-0.39, 0.29) is 5.41 Å². The highest BCUT2D eigenvalue weighted by atomic mass is 15.1. The number of hydrogen-bond acceptors (Lipinski definition) is 1. The van der Waals surface area contributed by atoms with Crippen LogP contribution in [0.5, 0.6) is 0 Å². The molecule has 0 bridgehead atoms. The standard InChI is InChI=1S/C53H39N/c1-53(2)49-27-14-13-24-45(49)46-33-32-42(35-50(46)53)54(41-30-28-37(29-31-41)40-21-15-20-39(34-40)36-16-5-3-6-17-36)52-48-26-12-10-23-44(48)43-22-9-11-25-47(43)51(52)38-18-7-4-8-19-38/h3-35H,1-2H3. The average Bonchev–Trinajstić information content (AvgIpc) is 3.47. The van der Waals surface area contributed by atoms with Gasteiger partial charge in [-0.25, -0.2) is 0 Å². The normalized spacial score (nSPS) is 12.8. The van der Waals surface area contributed by atoms with Gasteiger partial charge in [-0.05, 0) is 96.6 Å². The van der Waals surface area contributed by atoms with Crippen molar-refractivity contribution in [3.63, 3.8) is 0 Å². The molecule has 256 valence electrons. The fraction of sp³-hybridized carbons (Fsp3) is 0.0566. The summed E-state index contributed by atoms with van der Waals surface area (Å²) in [5, 5.41) is 4.97. The van der Waals surface area contributed by atoms with E-state index in [2.05, 4.69) is 219 Å². The third-order valence-electron chi connectivity index (χ3n) is 11.4. The summed E-state index contributed by atoms with van der Waals surface area (Å²) in [5.41, 5.74) is 16.0. The van der Waals surface area contributed by atoms with Crippen molar-refractivity contribution < 1.29 is 0 Å². The molecule has 0 amide bonds. The highest BCUT2D eigenvalue weighted by molar-refractivity contribution is 6.22. The van der Waals surface area contributed by atoms with Gasteiger partial charge >= 0.3 is 0 Å². The Morgan fingerprint density at radius 1 is 0.333 bits per heavy atom. The molecule has 54 heavy (non-hydrogen) atoms. The van der Waals surface area contributed by atoms with E-state index in [1.165, 1.54) is 82.9 Å². The Hall–Kier alpha value is -6.70. The van der Waals surface area contributed by atoms with Crippen LogP contribution in [-0.2, 0) is 5.41 Å². The van der Waals surface area contributed by atoms with Gasteiger partial charge < -0.3 is 4.90 Å². The van der Waals surface area contributed by atoms with Crippen LogP contribution < -0.4 is 4.90 Å². The molecule has 0 saturated carbocycles. The van der Waals surface area contributed by atoms with Gasteiger partial charge in [0.25, 0.3) is 0 Å². The quantitative estimate of drug-likeness (QED) is 0.157. The van der Waals surface area contributed by atoms with Crippen molar-refractivity contribution >= 4 is 38.6 Å². The number of nitrogens with zero attached hydrogens (tertiary/aromatic N) is 1. The maximum absolute atomic E-state index is 2.51. The zero-order valence-electron chi connectivity index (χ0n) is 30.5. The summed E-state index contributed by atoms with van der Waals surface area (Å²) in [5.74, 6) is 0. The number of benzene rings is 9. The van der Waals surface area contributed by atoms with E-state index in [1.54, 1.807) is 0 Å². The van der Waals surface area contributed by atoms with Crippen LogP contribution in [0.1, 0.15) is 25.0 Å². The Kier molecular flexibility index (Phi) is 7.56. The van der Waals surface area contributed by atoms with Gasteiger partial charge in [0.2, 0.25) is 0 Å². The fourth-order valence-electron chi connectivity index (χ4n) is 8.80. The largest absolute Gasteiger partial charge is 0.309 e. The summed E-state index contributed by atoms with van der Waals surface area (Å²) in [6, 6.07) is 73.4. The van der Waals surface area contributed by atoms with Crippen LogP contribution in [0.25, 0.3) is 66.1 Å². The lowest BCUT2D eigenvalue weighted by atomic mass is 9.82. The van der Waals surface area contributed by atoms with E-state index in [1.807, 2.05) is 0 Å². The minimum Gasteiger partial charge on any atom is -0.309 e. The van der Waals surface area contributed by atoms with Crippen molar-refractivity contribution in [3.05, 3.63) is 211 Å². The van der Waals surface area contributed by atoms with Crippen LogP contribution >= 0.6 is 0 Å². The van der Waals surface area contributed by atoms with Crippen molar-refractivity contribution in [1.82, 2.24) is 0 Å². The summed E-state index contributed by atoms with van der Waals surface area (Å²) >= 11 is 0. The van der Waals surface area contributed by atoms with E-state index in [4.69, 9.17) is 0 Å². The zero-order valence-corrected chi connectivity index (χ0v) is 30.5. The average molecular weight is 690 g/mol. The minimum absolute atomic E-state index is 0.130. The van der Waals surface area contributed by atoms with Crippen LogP contribution in [0.3, 0.4) is 0 Å². The lowest BCUT2D eigenvalue weighted by Gasteiger charge is -2.32. The van der Waals surface area contributed by atoms with Crippen molar-refractivity contribution in [3.8, 4) is 44.5 Å². The molecule has 9 aromatic rings. The van der Waals surface area contributed by atoms with Crippen LogP contribution in [-0.4, -0.2) is 0 Å². The number of anilines is 3. The van der Waals surface area contributed by atoms with E-state index < -0.39 is 0 Å². The molecule has 9 aromatic carbocycles. The topological polar surface area (TPSA) is 3.24 Å². The molecule has 0 spiro atoms. The molecule has 0 aliphatic heterocycles. The van der Waals surface area contributed by atoms with Gasteiger partial charge in [0.05, 0.1) is 5.69 Å². The van der Waals surface area contributed by atoms with Crippen LogP contribution in [0.2, 0.25) is 0 Å². The number of fused-ring (bicyclic) bond motifs is 6. The van der Waals surface area contributed by atoms with Gasteiger partial charge in [-0.3, -0.25) is 0 Å². The Morgan fingerprint density at radius 3 is 1.54 bits per heavy atom. The highest BCUT2D eigenvalue weighted by Gasteiger charge is 2.36. The molecule has 1 heteroatoms. The summed E-state index contributed by atoms with van der Waals surface area (Å²) in [6.07, 6.45) is 0. The Bertz CT molecular complexity index is 2830. The monoisotopic (exact) mass is 689 g/mol. The van der Waals surface area contributed by atoms with Crippen LogP contribution in [0.4, 0.5) is 17.1 Å². The second-order valence-corrected chi connectivity index (χ2v) is 14.9. The minimum atomic E-state index is -0.130. The maximum Gasteiger partial charge on any atom is 0.0624 e. The first kappa shape index (κ1) is 32.0. The van der Waals surface area contributed by atoms with Gasteiger partial charge in [-0.15, -0.1) is 0 Å². The predicted molar refractivity (Wildman–Crippen MR) is 230 cm³/mol. The van der Waals surface area contributed by atoms with E-state index in [9.17, 15) is 0 Å². The highest BCUT2D eigenvalue weighted by Crippen LogP contribution is 2.53. The van der Waals surface area contributed by atoms with Crippen LogP contribution in [0, 0.1) is 0 Å². The Labute approximate surface area is 317 Å². The third kappa shape index (κ3) is 5.16. The summed E-state index contributed by atoms with van der Waals surface area (Å²) in [7, 11) is 0. The molecule has 10 rings (SSSR count). The maximum atomic E-state index is 2.51. The van der Waals surface area contributed by atoms with Crippen molar-refractivity contribution in [1.29, 1.82) is 0 Å². The number of hydrogen-bond donors (Lipinski definition) is 0. The molecule has 0 unspecified atom stereocenters. The first-order valence-corrected chi connectivity index (χ1v) is 18.9. The lowest BCUT2D eigenvalue weighted by Crippen LogP contribution is -2.17. The van der Waals surface area contributed by atoms with Crippen molar-refractivity contribution in [2.24, 2.45) is 0 Å². The van der Waals surface area contributed by atoms with Gasteiger partial charge in [-0.1, -0.05) is 184 Å². The first-order valence-electron chi connectivity index (χ1n) is 18.9. The van der Waals surface area contributed by atoms with Gasteiger partial charge in [0, 0.05) is 27.7 Å². The summed E-state index contributed by atoms with van der Waals surface area (Å²) in [4.78, 5) is 2.51. The summed E-state index contributed by atoms with van der Waals surface area (Å²) < 4.78 is 0. The second-order valence-electron chi connectivity index (χ2n) is 14.9. The molecule has 1 nitrogen and oxygen atoms in total. The predicted octanol–water partition coefficient (Wildman–Crippen LogP) is 14.8. The molecule has 1 aliphatic carbocycles. The SMILES string of the molecule is CC1(C)c2ccccc2-c2ccc(N(c3ccc(-c4cccc(-c5ccccc5)c4)cc3)c3c(-c4ccccc4)c4ccccc4c4ccccc34)cc21. The molecule has 0 saturated heterocycles. The third-order valence-corrected chi connectivity index (χ3v) is 11.4. The van der Waals surface area contributed by atoms with Gasteiger partial charge in [-0.2, -0.15) is 0 Å². The van der Waals surface area contributed by atoms with Crippen molar-refractivity contribution in [2.75, 3.05) is 4.90 Å². The Balaban J connectivity index is 1.23. The smallest absolute Gasteiger partial charge is 0.0624 e. The zero-order chi connectivity index (χ0) is 36.2. The molecule has 0 aromatic heterocycles. The molecular formula is C53H39N. The van der Waals surface area contributed by atoms with Gasteiger partial charge in [0.1, 0.15) is 0 Å². The molecular weight excluding hydrogens is 651 g/mol. The molecule has 0 fully saturated rings. The second kappa shape index (κ2) is 12.8. The van der Waals surface area contributed by atoms with Crippen molar-refractivity contribution in [2.45, 2.75) is 19.3 Å². The molecule has 1 aliphatic rings. The molecule has 0 N–H and O–H groups in total. The molecule has 0 heterocycles. The lowest BCUT2D eigenvalue weighted by molar-refractivity contribution is 0.660.